The molecule has 4 aromatic rings. The number of carbonyl (C=O) groups is 1. The highest BCUT2D eigenvalue weighted by Crippen LogP contribution is 2.24. The Morgan fingerprint density at radius 2 is 1.72 bits per heavy atom. The number of carbonyl (C=O) groups excluding carboxylic acids is 1. The quantitative estimate of drug-likeness (QED) is 0.606. The maximum atomic E-state index is 13.0. The zero-order chi connectivity index (χ0) is 17.1. The highest BCUT2D eigenvalue weighted by molar-refractivity contribution is 6.06. The van der Waals surface area contributed by atoms with Gasteiger partial charge in [0.25, 0.3) is 5.91 Å². The minimum atomic E-state index is -0.351. The number of amides is 1. The number of nitrogens with one attached hydrogen (secondary N) is 1. The standard InChI is InChI=1S/C21H16N2O2/c24-21(17-12-13-22-18-10-5-4-9-16(17)18)23-20(19-11-6-14-25-19)15-7-2-1-3-8-15/h1-14,20H,(H,23,24). The van der Waals surface area contributed by atoms with Crippen LogP contribution in [-0.2, 0) is 0 Å². The number of nitrogens with zero attached hydrogens (tertiary/aromatic N) is 1. The van der Waals surface area contributed by atoms with Crippen LogP contribution in [0.3, 0.4) is 0 Å². The van der Waals surface area contributed by atoms with Gasteiger partial charge >= 0.3 is 0 Å². The van der Waals surface area contributed by atoms with E-state index in [1.165, 1.54) is 0 Å². The highest BCUT2D eigenvalue weighted by atomic mass is 16.3. The van der Waals surface area contributed by atoms with Crippen molar-refractivity contribution in [3.8, 4) is 0 Å². The van der Waals surface area contributed by atoms with Crippen LogP contribution < -0.4 is 5.32 Å². The topological polar surface area (TPSA) is 55.1 Å². The van der Waals surface area contributed by atoms with Crippen molar-refractivity contribution in [1.29, 1.82) is 0 Å². The van der Waals surface area contributed by atoms with Gasteiger partial charge in [-0.25, -0.2) is 0 Å². The first-order chi connectivity index (χ1) is 12.3. The smallest absolute Gasteiger partial charge is 0.252 e. The maximum absolute atomic E-state index is 13.0. The third-order valence-corrected chi connectivity index (χ3v) is 4.13. The summed E-state index contributed by atoms with van der Waals surface area (Å²) >= 11 is 0. The molecular formula is C21H16N2O2. The van der Waals surface area contributed by atoms with Crippen molar-refractivity contribution < 1.29 is 9.21 Å². The number of furan rings is 1. The van der Waals surface area contributed by atoms with Crippen molar-refractivity contribution in [1.82, 2.24) is 10.3 Å². The molecule has 122 valence electrons. The minimum absolute atomic E-state index is 0.163. The van der Waals surface area contributed by atoms with E-state index in [4.69, 9.17) is 4.42 Å². The maximum Gasteiger partial charge on any atom is 0.252 e. The fourth-order valence-corrected chi connectivity index (χ4v) is 2.92. The normalized spacial score (nSPS) is 12.0. The van der Waals surface area contributed by atoms with Crippen LogP contribution >= 0.6 is 0 Å². The molecule has 0 radical (unpaired) electrons. The van der Waals surface area contributed by atoms with Gasteiger partial charge in [-0.05, 0) is 29.8 Å². The lowest BCUT2D eigenvalue weighted by Gasteiger charge is -2.18. The summed E-state index contributed by atoms with van der Waals surface area (Å²) in [6, 6.07) is 22.5. The number of hydrogen-bond acceptors (Lipinski definition) is 3. The summed E-state index contributed by atoms with van der Waals surface area (Å²) in [6.45, 7) is 0. The van der Waals surface area contributed by atoms with Gasteiger partial charge < -0.3 is 9.73 Å². The molecule has 0 saturated heterocycles. The largest absolute Gasteiger partial charge is 0.467 e. The van der Waals surface area contributed by atoms with Gasteiger partial charge in [-0.15, -0.1) is 0 Å². The molecule has 1 unspecified atom stereocenters. The summed E-state index contributed by atoms with van der Waals surface area (Å²) in [7, 11) is 0. The van der Waals surface area contributed by atoms with E-state index in [9.17, 15) is 4.79 Å². The number of rotatable bonds is 4. The first-order valence-corrected chi connectivity index (χ1v) is 8.06. The van der Waals surface area contributed by atoms with Crippen molar-refractivity contribution in [2.45, 2.75) is 6.04 Å². The van der Waals surface area contributed by atoms with E-state index in [0.717, 1.165) is 16.5 Å². The number of hydrogen-bond donors (Lipinski definition) is 1. The molecule has 4 rings (SSSR count). The molecule has 25 heavy (non-hydrogen) atoms. The average molecular weight is 328 g/mol. The molecule has 2 aromatic carbocycles. The molecule has 0 aliphatic rings. The van der Waals surface area contributed by atoms with Crippen LogP contribution in [0, 0.1) is 0 Å². The molecule has 4 nitrogen and oxygen atoms in total. The SMILES string of the molecule is O=C(NC(c1ccccc1)c1ccco1)c1ccnc2ccccc12. The Hall–Kier alpha value is -3.40. The monoisotopic (exact) mass is 328 g/mol. The third-order valence-electron chi connectivity index (χ3n) is 4.13. The van der Waals surface area contributed by atoms with E-state index in [0.29, 0.717) is 11.3 Å². The molecule has 0 aliphatic heterocycles. The molecule has 1 atom stereocenters. The van der Waals surface area contributed by atoms with E-state index in [2.05, 4.69) is 10.3 Å². The predicted molar refractivity (Wildman–Crippen MR) is 96.2 cm³/mol. The van der Waals surface area contributed by atoms with E-state index in [1.807, 2.05) is 66.7 Å². The molecule has 4 heteroatoms. The first kappa shape index (κ1) is 15.1. The van der Waals surface area contributed by atoms with Crippen LogP contribution in [0.15, 0.2) is 89.7 Å². The fourth-order valence-electron chi connectivity index (χ4n) is 2.92. The number of fused-ring (bicyclic) bond motifs is 1. The summed E-state index contributed by atoms with van der Waals surface area (Å²) in [5.74, 6) is 0.529. The molecule has 0 fully saturated rings. The summed E-state index contributed by atoms with van der Waals surface area (Å²) in [4.78, 5) is 17.3. The second-order valence-corrected chi connectivity index (χ2v) is 5.71. The Morgan fingerprint density at radius 1 is 0.920 bits per heavy atom. The lowest BCUT2D eigenvalue weighted by atomic mass is 10.0. The van der Waals surface area contributed by atoms with Crippen LogP contribution in [-0.4, -0.2) is 10.9 Å². The summed E-state index contributed by atoms with van der Waals surface area (Å²) in [5, 5.41) is 3.91. The van der Waals surface area contributed by atoms with Crippen LogP contribution in [0.4, 0.5) is 0 Å². The van der Waals surface area contributed by atoms with Crippen LogP contribution in [0.5, 0.6) is 0 Å². The summed E-state index contributed by atoms with van der Waals surface area (Å²) in [6.07, 6.45) is 3.26. The van der Waals surface area contributed by atoms with Crippen LogP contribution in [0.1, 0.15) is 27.7 Å². The third kappa shape index (κ3) is 3.02. The van der Waals surface area contributed by atoms with Crippen molar-refractivity contribution in [3.05, 3.63) is 102 Å². The highest BCUT2D eigenvalue weighted by Gasteiger charge is 2.21. The average Bonchev–Trinajstić information content (AvgIpc) is 3.20. The lowest BCUT2D eigenvalue weighted by Crippen LogP contribution is -2.29. The molecule has 2 aromatic heterocycles. The Labute approximate surface area is 145 Å². The van der Waals surface area contributed by atoms with Crippen LogP contribution in [0.25, 0.3) is 10.9 Å². The van der Waals surface area contributed by atoms with Crippen molar-refractivity contribution in [3.63, 3.8) is 0 Å². The Balaban J connectivity index is 1.71. The number of para-hydroxylation sites is 1. The van der Waals surface area contributed by atoms with Gasteiger partial charge in [-0.1, -0.05) is 48.5 Å². The first-order valence-electron chi connectivity index (χ1n) is 8.06. The molecule has 2 heterocycles. The van der Waals surface area contributed by atoms with Gasteiger partial charge in [0.15, 0.2) is 0 Å². The zero-order valence-electron chi connectivity index (χ0n) is 13.4. The Morgan fingerprint density at radius 3 is 2.52 bits per heavy atom. The number of aromatic nitrogens is 1. The van der Waals surface area contributed by atoms with Crippen molar-refractivity contribution in [2.75, 3.05) is 0 Å². The second-order valence-electron chi connectivity index (χ2n) is 5.71. The Bertz CT molecular complexity index is 990. The summed E-state index contributed by atoms with van der Waals surface area (Å²) < 4.78 is 5.55. The van der Waals surface area contributed by atoms with Gasteiger partial charge in [0.05, 0.1) is 17.3 Å². The fraction of sp³-hybridized carbons (Fsp3) is 0.0476. The molecule has 0 saturated carbocycles. The molecule has 0 bridgehead atoms. The second kappa shape index (κ2) is 6.61. The van der Waals surface area contributed by atoms with Crippen molar-refractivity contribution in [2.24, 2.45) is 0 Å². The molecule has 0 spiro atoms. The van der Waals surface area contributed by atoms with Crippen LogP contribution in [0.2, 0.25) is 0 Å². The van der Waals surface area contributed by atoms with Crippen molar-refractivity contribution >= 4 is 16.8 Å². The van der Waals surface area contributed by atoms with E-state index < -0.39 is 0 Å². The summed E-state index contributed by atoms with van der Waals surface area (Å²) in [5.41, 5.74) is 2.35. The van der Waals surface area contributed by atoms with E-state index >= 15 is 0 Å². The van der Waals surface area contributed by atoms with E-state index in [-0.39, 0.29) is 11.9 Å². The van der Waals surface area contributed by atoms with Gasteiger partial charge in [-0.2, -0.15) is 0 Å². The Kier molecular flexibility index (Phi) is 4.01. The van der Waals surface area contributed by atoms with E-state index in [1.54, 1.807) is 18.5 Å². The minimum Gasteiger partial charge on any atom is -0.467 e. The van der Waals surface area contributed by atoms with Gasteiger partial charge in [0, 0.05) is 11.6 Å². The molecular weight excluding hydrogens is 312 g/mol. The molecule has 0 aliphatic carbocycles. The van der Waals surface area contributed by atoms with Gasteiger partial charge in [0.1, 0.15) is 11.8 Å². The predicted octanol–water partition coefficient (Wildman–Crippen LogP) is 4.35. The molecule has 1 amide bonds. The number of benzene rings is 2. The number of pyridine rings is 1. The van der Waals surface area contributed by atoms with Gasteiger partial charge in [0.2, 0.25) is 0 Å². The zero-order valence-corrected chi connectivity index (χ0v) is 13.4. The molecule has 1 N–H and O–H groups in total. The van der Waals surface area contributed by atoms with Gasteiger partial charge in [-0.3, -0.25) is 9.78 Å². The lowest BCUT2D eigenvalue weighted by molar-refractivity contribution is 0.0940.